The number of benzene rings is 1. The van der Waals surface area contributed by atoms with Gasteiger partial charge in [0.2, 0.25) is 5.91 Å². The number of hydrogen-bond donors (Lipinski definition) is 3. The first-order valence-corrected chi connectivity index (χ1v) is 6.70. The summed E-state index contributed by atoms with van der Waals surface area (Å²) in [5.74, 6) is -1.30. The van der Waals surface area contributed by atoms with Gasteiger partial charge in [0.15, 0.2) is 0 Å². The molecular formula is C14H18N2O3S. The van der Waals surface area contributed by atoms with E-state index < -0.39 is 5.97 Å². The maximum Gasteiger partial charge on any atom is 0.303 e. The Bertz CT molecular complexity index is 477. The summed E-state index contributed by atoms with van der Waals surface area (Å²) in [7, 11) is 1.70. The average molecular weight is 294 g/mol. The smallest absolute Gasteiger partial charge is 0.303 e. The van der Waals surface area contributed by atoms with Crippen LogP contribution in [0.3, 0.4) is 0 Å². The topological polar surface area (TPSA) is 78.4 Å². The number of rotatable bonds is 7. The van der Waals surface area contributed by atoms with Gasteiger partial charge >= 0.3 is 5.97 Å². The number of nitrogens with one attached hydrogen (secondary N) is 2. The van der Waals surface area contributed by atoms with E-state index in [1.165, 1.54) is 0 Å². The van der Waals surface area contributed by atoms with E-state index in [2.05, 4.69) is 10.6 Å². The molecule has 1 amide bonds. The lowest BCUT2D eigenvalue weighted by molar-refractivity contribution is -0.138. The van der Waals surface area contributed by atoms with Crippen molar-refractivity contribution in [2.24, 2.45) is 0 Å². The zero-order valence-electron chi connectivity index (χ0n) is 11.3. The minimum Gasteiger partial charge on any atom is -0.481 e. The van der Waals surface area contributed by atoms with E-state index in [0.29, 0.717) is 11.4 Å². The summed E-state index contributed by atoms with van der Waals surface area (Å²) in [5.41, 5.74) is 1.05. The highest BCUT2D eigenvalue weighted by Gasteiger charge is 2.17. The Kier molecular flexibility index (Phi) is 6.66. The predicted molar refractivity (Wildman–Crippen MR) is 80.6 cm³/mol. The predicted octanol–water partition coefficient (Wildman–Crippen LogP) is 1.13. The number of amides is 1. The highest BCUT2D eigenvalue weighted by molar-refractivity contribution is 7.80. The maximum absolute atomic E-state index is 11.7. The van der Waals surface area contributed by atoms with Crippen molar-refractivity contribution in [3.63, 3.8) is 0 Å². The fourth-order valence-electron chi connectivity index (χ4n) is 1.72. The van der Waals surface area contributed by atoms with Gasteiger partial charge in [0, 0.05) is 13.5 Å². The van der Waals surface area contributed by atoms with Crippen molar-refractivity contribution in [2.45, 2.75) is 25.3 Å². The van der Waals surface area contributed by atoms with Gasteiger partial charge in [-0.1, -0.05) is 42.5 Å². The van der Waals surface area contributed by atoms with Crippen molar-refractivity contribution >= 4 is 29.1 Å². The maximum atomic E-state index is 11.7. The molecule has 0 saturated heterocycles. The molecule has 1 aromatic rings. The molecule has 0 radical (unpaired) electrons. The largest absolute Gasteiger partial charge is 0.481 e. The molecule has 0 aromatic heterocycles. The highest BCUT2D eigenvalue weighted by atomic mass is 32.1. The Balaban J connectivity index is 2.63. The van der Waals surface area contributed by atoms with Gasteiger partial charge in [-0.2, -0.15) is 0 Å². The highest BCUT2D eigenvalue weighted by Crippen LogP contribution is 2.05. The van der Waals surface area contributed by atoms with Crippen LogP contribution < -0.4 is 10.6 Å². The van der Waals surface area contributed by atoms with Crippen LogP contribution in [-0.2, 0) is 16.0 Å². The van der Waals surface area contributed by atoms with Gasteiger partial charge in [-0.3, -0.25) is 9.59 Å². The molecule has 1 aromatic carbocycles. The number of aliphatic carboxylic acids is 1. The van der Waals surface area contributed by atoms with Crippen LogP contribution >= 0.6 is 12.2 Å². The van der Waals surface area contributed by atoms with Crippen LogP contribution in [0.15, 0.2) is 30.3 Å². The summed E-state index contributed by atoms with van der Waals surface area (Å²) in [5, 5.41) is 14.2. The summed E-state index contributed by atoms with van der Waals surface area (Å²) in [6.45, 7) is 0. The van der Waals surface area contributed by atoms with Gasteiger partial charge in [-0.25, -0.2) is 0 Å². The molecule has 0 aliphatic carbocycles. The molecule has 0 heterocycles. The standard InChI is InChI=1S/C14H18N2O3S/c1-15-14(20)11(9-10-5-3-2-4-6-10)16-12(17)7-8-13(18)19/h2-6,11H,7-9H2,1H3,(H,15,20)(H,16,17)(H,18,19). The summed E-state index contributed by atoms with van der Waals surface area (Å²) in [4.78, 5) is 22.7. The van der Waals surface area contributed by atoms with E-state index in [4.69, 9.17) is 17.3 Å². The third kappa shape index (κ3) is 5.79. The molecule has 1 atom stereocenters. The van der Waals surface area contributed by atoms with Crippen LogP contribution in [0, 0.1) is 0 Å². The Labute approximate surface area is 123 Å². The molecule has 1 unspecified atom stereocenters. The van der Waals surface area contributed by atoms with Gasteiger partial charge < -0.3 is 15.7 Å². The summed E-state index contributed by atoms with van der Waals surface area (Å²) < 4.78 is 0. The van der Waals surface area contributed by atoms with E-state index >= 15 is 0 Å². The SMILES string of the molecule is CNC(=S)C(Cc1ccccc1)NC(=O)CCC(=O)O. The molecule has 1 rings (SSSR count). The Hall–Kier alpha value is -1.95. The third-order valence-electron chi connectivity index (χ3n) is 2.75. The van der Waals surface area contributed by atoms with Gasteiger partial charge in [0.25, 0.3) is 0 Å². The molecule has 108 valence electrons. The number of thiocarbonyl (C=S) groups is 1. The monoisotopic (exact) mass is 294 g/mol. The average Bonchev–Trinajstić information content (AvgIpc) is 2.44. The second-order valence-electron chi connectivity index (χ2n) is 4.32. The summed E-state index contributed by atoms with van der Waals surface area (Å²) >= 11 is 5.19. The molecule has 0 aliphatic rings. The van der Waals surface area contributed by atoms with E-state index in [0.717, 1.165) is 5.56 Å². The van der Waals surface area contributed by atoms with Crippen molar-refractivity contribution < 1.29 is 14.7 Å². The Morgan fingerprint density at radius 3 is 2.45 bits per heavy atom. The third-order valence-corrected chi connectivity index (χ3v) is 3.24. The quantitative estimate of drug-likeness (QED) is 0.657. The second kappa shape index (κ2) is 8.27. The molecule has 6 heteroatoms. The minimum absolute atomic E-state index is 0.0487. The molecule has 0 aliphatic heterocycles. The number of hydrogen-bond acceptors (Lipinski definition) is 3. The molecule has 0 bridgehead atoms. The van der Waals surface area contributed by atoms with Crippen LogP contribution in [0.4, 0.5) is 0 Å². The lowest BCUT2D eigenvalue weighted by Crippen LogP contribution is -2.46. The summed E-state index contributed by atoms with van der Waals surface area (Å²) in [6, 6.07) is 9.32. The van der Waals surface area contributed by atoms with Crippen LogP contribution in [0.1, 0.15) is 18.4 Å². The lowest BCUT2D eigenvalue weighted by atomic mass is 10.1. The first kappa shape index (κ1) is 16.1. The Morgan fingerprint density at radius 1 is 1.25 bits per heavy atom. The van der Waals surface area contributed by atoms with E-state index in [1.807, 2.05) is 30.3 Å². The second-order valence-corrected chi connectivity index (χ2v) is 4.76. The molecule has 0 fully saturated rings. The van der Waals surface area contributed by atoms with Crippen molar-refractivity contribution in [1.82, 2.24) is 10.6 Å². The van der Waals surface area contributed by atoms with Crippen LogP contribution in [0.5, 0.6) is 0 Å². The van der Waals surface area contributed by atoms with Crippen LogP contribution in [-0.4, -0.2) is 35.1 Å². The summed E-state index contributed by atoms with van der Waals surface area (Å²) in [6.07, 6.45) is 0.336. The first-order chi connectivity index (χ1) is 9.52. The van der Waals surface area contributed by atoms with E-state index in [-0.39, 0.29) is 24.8 Å². The molecule has 0 saturated carbocycles. The van der Waals surface area contributed by atoms with E-state index in [9.17, 15) is 9.59 Å². The molecule has 0 spiro atoms. The lowest BCUT2D eigenvalue weighted by Gasteiger charge is -2.19. The number of carbonyl (C=O) groups excluding carboxylic acids is 1. The first-order valence-electron chi connectivity index (χ1n) is 6.29. The normalized spacial score (nSPS) is 11.4. The fraction of sp³-hybridized carbons (Fsp3) is 0.357. The molecular weight excluding hydrogens is 276 g/mol. The zero-order chi connectivity index (χ0) is 15.0. The van der Waals surface area contributed by atoms with Crippen LogP contribution in [0.2, 0.25) is 0 Å². The van der Waals surface area contributed by atoms with Crippen molar-refractivity contribution in [3.05, 3.63) is 35.9 Å². The fourth-order valence-corrected chi connectivity index (χ4v) is 1.86. The zero-order valence-corrected chi connectivity index (χ0v) is 12.1. The van der Waals surface area contributed by atoms with Gasteiger partial charge in [-0.15, -0.1) is 0 Å². The van der Waals surface area contributed by atoms with Crippen molar-refractivity contribution in [2.75, 3.05) is 7.05 Å². The van der Waals surface area contributed by atoms with Crippen molar-refractivity contribution in [1.29, 1.82) is 0 Å². The minimum atomic E-state index is -0.990. The molecule has 3 N–H and O–H groups in total. The van der Waals surface area contributed by atoms with Crippen molar-refractivity contribution in [3.8, 4) is 0 Å². The molecule has 5 nitrogen and oxygen atoms in total. The number of carboxylic acids is 1. The number of likely N-dealkylation sites (N-methyl/N-ethyl adjacent to an activating group) is 1. The van der Waals surface area contributed by atoms with Gasteiger partial charge in [-0.05, 0) is 12.0 Å². The number of carboxylic acid groups (broad SMARTS) is 1. The van der Waals surface area contributed by atoms with Crippen LogP contribution in [0.25, 0.3) is 0 Å². The molecule has 20 heavy (non-hydrogen) atoms. The Morgan fingerprint density at radius 2 is 1.90 bits per heavy atom. The van der Waals surface area contributed by atoms with Gasteiger partial charge in [0.1, 0.15) is 0 Å². The van der Waals surface area contributed by atoms with E-state index in [1.54, 1.807) is 7.05 Å². The number of carbonyl (C=O) groups is 2. The van der Waals surface area contributed by atoms with Gasteiger partial charge in [0.05, 0.1) is 17.5 Å².